The highest BCUT2D eigenvalue weighted by atomic mass is 32.2. The molecule has 0 fully saturated rings. The highest BCUT2D eigenvalue weighted by Crippen LogP contribution is 2.32. The van der Waals surface area contributed by atoms with E-state index in [0.717, 1.165) is 0 Å². The van der Waals surface area contributed by atoms with Crippen LogP contribution < -0.4 is 14.2 Å². The fraction of sp³-hybridized carbons (Fsp3) is 0.278. The van der Waals surface area contributed by atoms with Crippen molar-refractivity contribution in [2.75, 3.05) is 26.9 Å². The average Bonchev–Trinajstić information content (AvgIpc) is 2.71. The molecule has 8 nitrogen and oxygen atoms in total. The largest absolute Gasteiger partial charge is 0.486 e. The van der Waals surface area contributed by atoms with Gasteiger partial charge in [0.25, 0.3) is 0 Å². The van der Waals surface area contributed by atoms with Gasteiger partial charge in [-0.2, -0.15) is 0 Å². The Balaban J connectivity index is 1.67. The first-order chi connectivity index (χ1) is 12.9. The number of ether oxygens (including phenoxy) is 3. The molecule has 0 unspecified atom stereocenters. The average molecular weight is 393 g/mol. The van der Waals surface area contributed by atoms with Gasteiger partial charge in [-0.05, 0) is 42.0 Å². The number of benzene rings is 2. The van der Waals surface area contributed by atoms with Crippen molar-refractivity contribution in [3.63, 3.8) is 0 Å². The Labute approximate surface area is 156 Å². The van der Waals surface area contributed by atoms with E-state index in [1.54, 1.807) is 18.2 Å². The third-order valence-corrected chi connectivity index (χ3v) is 5.44. The van der Waals surface area contributed by atoms with Gasteiger partial charge in [-0.25, -0.2) is 17.9 Å². The zero-order chi connectivity index (χ0) is 19.4. The van der Waals surface area contributed by atoms with Crippen molar-refractivity contribution in [1.82, 2.24) is 4.72 Å². The van der Waals surface area contributed by atoms with Crippen molar-refractivity contribution in [2.45, 2.75) is 11.0 Å². The molecule has 1 heterocycles. The highest BCUT2D eigenvalue weighted by molar-refractivity contribution is 7.89. The van der Waals surface area contributed by atoms with E-state index in [4.69, 9.17) is 9.47 Å². The van der Waals surface area contributed by atoms with Crippen molar-refractivity contribution >= 4 is 16.0 Å². The molecule has 0 bridgehead atoms. The fourth-order valence-electron chi connectivity index (χ4n) is 2.55. The number of methoxy groups -OCH3 is 1. The number of rotatable bonds is 6. The van der Waals surface area contributed by atoms with E-state index in [0.29, 0.717) is 30.3 Å². The molecule has 144 valence electrons. The lowest BCUT2D eigenvalue weighted by atomic mass is 10.1. The van der Waals surface area contributed by atoms with Gasteiger partial charge in [0.1, 0.15) is 13.2 Å². The van der Waals surface area contributed by atoms with Gasteiger partial charge in [-0.15, -0.1) is 0 Å². The van der Waals surface area contributed by atoms with Crippen molar-refractivity contribution in [2.24, 2.45) is 0 Å². The van der Waals surface area contributed by atoms with Gasteiger partial charge in [-0.1, -0.05) is 6.07 Å². The molecule has 9 heteroatoms. The molecule has 1 aliphatic heterocycles. The van der Waals surface area contributed by atoms with Gasteiger partial charge in [0.15, 0.2) is 11.5 Å². The minimum Gasteiger partial charge on any atom is -0.486 e. The molecule has 0 radical (unpaired) electrons. The summed E-state index contributed by atoms with van der Waals surface area (Å²) in [6.07, 6.45) is -1.06. The molecule has 0 amide bonds. The van der Waals surface area contributed by atoms with Crippen LogP contribution in [0, 0.1) is 0 Å². The summed E-state index contributed by atoms with van der Waals surface area (Å²) in [5.41, 5.74) is 0.746. The highest BCUT2D eigenvalue weighted by Gasteiger charge is 2.19. The minimum absolute atomic E-state index is 0.0236. The maximum atomic E-state index is 12.4. The number of sulfonamides is 1. The van der Waals surface area contributed by atoms with Gasteiger partial charge in [0, 0.05) is 6.54 Å². The van der Waals surface area contributed by atoms with E-state index in [1.165, 1.54) is 31.4 Å². The van der Waals surface area contributed by atoms with Crippen LogP contribution >= 0.6 is 0 Å². The lowest BCUT2D eigenvalue weighted by Gasteiger charge is -2.20. The number of esters is 1. The molecule has 0 spiro atoms. The summed E-state index contributed by atoms with van der Waals surface area (Å²) < 4.78 is 42.5. The molecule has 3 rings (SSSR count). The van der Waals surface area contributed by atoms with Gasteiger partial charge in [0.05, 0.1) is 23.7 Å². The minimum atomic E-state index is -3.85. The predicted octanol–water partition coefficient (Wildman–Crippen LogP) is 1.26. The van der Waals surface area contributed by atoms with E-state index in [-0.39, 0.29) is 17.0 Å². The van der Waals surface area contributed by atoms with Crippen LogP contribution in [0.1, 0.15) is 22.0 Å². The second-order valence-electron chi connectivity index (χ2n) is 5.79. The number of fused-ring (bicyclic) bond motifs is 1. The van der Waals surface area contributed by atoms with E-state index in [1.807, 2.05) is 0 Å². The Bertz CT molecular complexity index is 925. The van der Waals surface area contributed by atoms with Crippen LogP contribution in [0.2, 0.25) is 0 Å². The van der Waals surface area contributed by atoms with Crippen LogP contribution in [0.25, 0.3) is 0 Å². The topological polar surface area (TPSA) is 111 Å². The molecule has 2 aromatic rings. The number of aliphatic hydroxyl groups is 1. The molecule has 2 N–H and O–H groups in total. The predicted molar refractivity (Wildman–Crippen MR) is 95.4 cm³/mol. The fourth-order valence-corrected chi connectivity index (χ4v) is 3.58. The van der Waals surface area contributed by atoms with E-state index >= 15 is 0 Å². The molecule has 1 atom stereocenters. The van der Waals surface area contributed by atoms with Gasteiger partial charge in [0.2, 0.25) is 10.0 Å². The maximum absolute atomic E-state index is 12.4. The first kappa shape index (κ1) is 19.2. The summed E-state index contributed by atoms with van der Waals surface area (Å²) in [6, 6.07) is 10.3. The smallest absolute Gasteiger partial charge is 0.337 e. The number of hydrogen-bond donors (Lipinski definition) is 2. The van der Waals surface area contributed by atoms with E-state index in [2.05, 4.69) is 9.46 Å². The maximum Gasteiger partial charge on any atom is 0.337 e. The second-order valence-corrected chi connectivity index (χ2v) is 7.55. The first-order valence-corrected chi connectivity index (χ1v) is 9.64. The summed E-state index contributed by atoms with van der Waals surface area (Å²) in [6.45, 7) is 0.658. The summed E-state index contributed by atoms with van der Waals surface area (Å²) >= 11 is 0. The molecule has 1 aliphatic rings. The zero-order valence-electron chi connectivity index (χ0n) is 14.5. The molecular weight excluding hydrogens is 374 g/mol. The molecule has 0 aromatic heterocycles. The molecule has 0 saturated heterocycles. The van der Waals surface area contributed by atoms with Crippen molar-refractivity contribution in [3.8, 4) is 11.5 Å². The molecule has 0 saturated carbocycles. The quantitative estimate of drug-likeness (QED) is 0.711. The third kappa shape index (κ3) is 4.38. The van der Waals surface area contributed by atoms with E-state index in [9.17, 15) is 18.3 Å². The van der Waals surface area contributed by atoms with Crippen LogP contribution in [-0.4, -0.2) is 46.4 Å². The lowest BCUT2D eigenvalue weighted by molar-refractivity contribution is 0.0600. The summed E-state index contributed by atoms with van der Waals surface area (Å²) in [4.78, 5) is 11.4. The normalized spacial score (nSPS) is 14.4. The summed E-state index contributed by atoms with van der Waals surface area (Å²) in [5.74, 6) is 0.545. The number of nitrogens with one attached hydrogen (secondary N) is 1. The van der Waals surface area contributed by atoms with Crippen LogP contribution in [0.5, 0.6) is 11.5 Å². The SMILES string of the molecule is COC(=O)c1ccc(S(=O)(=O)NC[C@@H](O)c2ccc3c(c2)OCCO3)cc1. The Morgan fingerprint density at radius 2 is 1.81 bits per heavy atom. The summed E-state index contributed by atoms with van der Waals surface area (Å²) in [7, 11) is -2.60. The standard InChI is InChI=1S/C18H19NO7S/c1-24-18(21)12-2-5-14(6-3-12)27(22,23)19-11-15(20)13-4-7-16-17(10-13)26-9-8-25-16/h2-7,10,15,19-20H,8-9,11H2,1H3/t15-/m1/s1. The Hall–Kier alpha value is -2.62. The summed E-state index contributed by atoms with van der Waals surface area (Å²) in [5, 5.41) is 10.3. The van der Waals surface area contributed by atoms with Crippen molar-refractivity contribution in [1.29, 1.82) is 0 Å². The van der Waals surface area contributed by atoms with Gasteiger partial charge >= 0.3 is 5.97 Å². The molecule has 0 aliphatic carbocycles. The number of carbonyl (C=O) groups excluding carboxylic acids is 1. The lowest BCUT2D eigenvalue weighted by Crippen LogP contribution is -2.28. The number of carbonyl (C=O) groups is 1. The third-order valence-electron chi connectivity index (χ3n) is 4.00. The van der Waals surface area contributed by atoms with Crippen LogP contribution in [0.15, 0.2) is 47.4 Å². The van der Waals surface area contributed by atoms with Crippen LogP contribution in [0.3, 0.4) is 0 Å². The number of hydrogen-bond acceptors (Lipinski definition) is 7. The molecular formula is C18H19NO7S. The first-order valence-electron chi connectivity index (χ1n) is 8.16. The van der Waals surface area contributed by atoms with Gasteiger partial charge in [-0.3, -0.25) is 0 Å². The second kappa shape index (κ2) is 7.95. The van der Waals surface area contributed by atoms with Crippen molar-refractivity contribution in [3.05, 3.63) is 53.6 Å². The van der Waals surface area contributed by atoms with Gasteiger partial charge < -0.3 is 19.3 Å². The van der Waals surface area contributed by atoms with E-state index < -0.39 is 22.1 Å². The van der Waals surface area contributed by atoms with Crippen LogP contribution in [-0.2, 0) is 14.8 Å². The van der Waals surface area contributed by atoms with Crippen LogP contribution in [0.4, 0.5) is 0 Å². The Morgan fingerprint density at radius 1 is 1.15 bits per heavy atom. The Kier molecular flexibility index (Phi) is 5.64. The zero-order valence-corrected chi connectivity index (χ0v) is 15.4. The molecule has 27 heavy (non-hydrogen) atoms. The number of aliphatic hydroxyl groups excluding tert-OH is 1. The molecule has 2 aromatic carbocycles. The Morgan fingerprint density at radius 3 is 2.48 bits per heavy atom. The van der Waals surface area contributed by atoms with Crippen molar-refractivity contribution < 1.29 is 32.5 Å². The monoisotopic (exact) mass is 393 g/mol.